The Morgan fingerprint density at radius 3 is 2.00 bits per heavy atom. The van der Waals surface area contributed by atoms with Crippen molar-refractivity contribution >= 4 is 11.8 Å². The largest absolute Gasteiger partial charge is 0.459 e. The summed E-state index contributed by atoms with van der Waals surface area (Å²) >= 11 is 0. The van der Waals surface area contributed by atoms with Crippen molar-refractivity contribution in [1.29, 1.82) is 0 Å². The van der Waals surface area contributed by atoms with Gasteiger partial charge in [-0.2, -0.15) is 0 Å². The minimum Gasteiger partial charge on any atom is -0.459 e. The molecule has 104 valence electrons. The van der Waals surface area contributed by atoms with E-state index >= 15 is 0 Å². The lowest BCUT2D eigenvalue weighted by Gasteiger charge is -2.23. The normalized spacial score (nSPS) is 20.0. The fraction of sp³-hybridized carbons (Fsp3) is 0.867. The van der Waals surface area contributed by atoms with Crippen molar-refractivity contribution in [2.75, 3.05) is 0 Å². The molecule has 18 heavy (non-hydrogen) atoms. The molecule has 0 N–H and O–H groups in total. The molecule has 0 saturated heterocycles. The predicted octanol–water partition coefficient (Wildman–Crippen LogP) is 3.50. The van der Waals surface area contributed by atoms with Crippen LogP contribution >= 0.6 is 0 Å². The number of carbonyl (C=O) groups excluding carboxylic acids is 2. The zero-order valence-corrected chi connectivity index (χ0v) is 12.1. The van der Waals surface area contributed by atoms with Crippen LogP contribution in [0.4, 0.5) is 0 Å². The second-order valence-corrected chi connectivity index (χ2v) is 6.35. The minimum atomic E-state index is -0.618. The molecule has 1 atom stereocenters. The van der Waals surface area contributed by atoms with Crippen LogP contribution in [-0.4, -0.2) is 17.4 Å². The van der Waals surface area contributed by atoms with E-state index in [1.165, 1.54) is 12.8 Å². The molecule has 3 nitrogen and oxygen atoms in total. The summed E-state index contributed by atoms with van der Waals surface area (Å²) < 4.78 is 5.28. The lowest BCUT2D eigenvalue weighted by molar-refractivity contribution is -0.162. The quantitative estimate of drug-likeness (QED) is 0.440. The lowest BCUT2D eigenvalue weighted by Crippen LogP contribution is -2.34. The fourth-order valence-corrected chi connectivity index (χ4v) is 2.42. The summed E-state index contributed by atoms with van der Waals surface area (Å²) in [5, 5.41) is 0. The van der Waals surface area contributed by atoms with E-state index in [0.29, 0.717) is 0 Å². The van der Waals surface area contributed by atoms with Gasteiger partial charge < -0.3 is 4.74 Å². The Hall–Kier alpha value is -0.860. The van der Waals surface area contributed by atoms with Crippen molar-refractivity contribution in [1.82, 2.24) is 0 Å². The maximum Gasteiger partial charge on any atom is 0.316 e. The van der Waals surface area contributed by atoms with E-state index in [1.54, 1.807) is 6.92 Å². The highest BCUT2D eigenvalue weighted by Gasteiger charge is 2.31. The Labute approximate surface area is 110 Å². The van der Waals surface area contributed by atoms with E-state index in [0.717, 1.165) is 25.7 Å². The van der Waals surface area contributed by atoms with Crippen LogP contribution in [0, 0.1) is 11.8 Å². The predicted molar refractivity (Wildman–Crippen MR) is 71.2 cm³/mol. The molecule has 1 aliphatic carbocycles. The SMILES string of the molecule is CC(C(=O)OC(C)(C)C)C(=O)C1CCCCCC1. The number of esters is 1. The molecule has 1 fully saturated rings. The van der Waals surface area contributed by atoms with Gasteiger partial charge in [-0.15, -0.1) is 0 Å². The van der Waals surface area contributed by atoms with Crippen LogP contribution in [0.15, 0.2) is 0 Å². The van der Waals surface area contributed by atoms with Crippen LogP contribution in [0.3, 0.4) is 0 Å². The summed E-state index contributed by atoms with van der Waals surface area (Å²) in [7, 11) is 0. The Morgan fingerprint density at radius 1 is 1.06 bits per heavy atom. The molecule has 1 rings (SSSR count). The van der Waals surface area contributed by atoms with E-state index in [1.807, 2.05) is 20.8 Å². The van der Waals surface area contributed by atoms with Crippen LogP contribution < -0.4 is 0 Å². The van der Waals surface area contributed by atoms with E-state index in [-0.39, 0.29) is 17.7 Å². The summed E-state index contributed by atoms with van der Waals surface area (Å²) in [6.07, 6.45) is 6.52. The molecule has 0 heterocycles. The zero-order chi connectivity index (χ0) is 13.8. The maximum atomic E-state index is 12.3. The third kappa shape index (κ3) is 4.79. The summed E-state index contributed by atoms with van der Waals surface area (Å²) in [5.74, 6) is -0.856. The Kier molecular flexibility index (Phi) is 5.36. The third-order valence-electron chi connectivity index (χ3n) is 3.44. The first-order valence-corrected chi connectivity index (χ1v) is 7.08. The molecule has 0 amide bonds. The van der Waals surface area contributed by atoms with Crippen molar-refractivity contribution in [3.63, 3.8) is 0 Å². The van der Waals surface area contributed by atoms with Crippen LogP contribution in [0.25, 0.3) is 0 Å². The standard InChI is InChI=1S/C15H26O3/c1-11(14(17)18-15(2,3)4)13(16)12-9-7-5-6-8-10-12/h11-12H,5-10H2,1-4H3. The molecule has 0 aliphatic heterocycles. The number of rotatable bonds is 3. The van der Waals surface area contributed by atoms with Crippen LogP contribution in [0.5, 0.6) is 0 Å². The van der Waals surface area contributed by atoms with Crippen LogP contribution in [-0.2, 0) is 14.3 Å². The van der Waals surface area contributed by atoms with Crippen LogP contribution in [0.2, 0.25) is 0 Å². The Balaban J connectivity index is 2.56. The molecular formula is C15H26O3. The second kappa shape index (κ2) is 6.35. The van der Waals surface area contributed by atoms with Gasteiger partial charge in [0.2, 0.25) is 0 Å². The van der Waals surface area contributed by atoms with Gasteiger partial charge in [0, 0.05) is 5.92 Å². The average Bonchev–Trinajstić information content (AvgIpc) is 2.53. The number of ketones is 1. The van der Waals surface area contributed by atoms with Crippen molar-refractivity contribution < 1.29 is 14.3 Å². The number of ether oxygens (including phenoxy) is 1. The van der Waals surface area contributed by atoms with Gasteiger partial charge >= 0.3 is 5.97 Å². The number of Topliss-reactive ketones (excluding diaryl/α,β-unsaturated/α-hetero) is 1. The molecule has 1 saturated carbocycles. The first kappa shape index (κ1) is 15.2. The van der Waals surface area contributed by atoms with E-state index < -0.39 is 11.5 Å². The number of hydrogen-bond acceptors (Lipinski definition) is 3. The highest BCUT2D eigenvalue weighted by molar-refractivity contribution is 5.99. The van der Waals surface area contributed by atoms with E-state index in [9.17, 15) is 9.59 Å². The number of carbonyl (C=O) groups is 2. The molecular weight excluding hydrogens is 228 g/mol. The van der Waals surface area contributed by atoms with Gasteiger partial charge in [-0.3, -0.25) is 9.59 Å². The summed E-state index contributed by atoms with van der Waals surface area (Å²) in [6.45, 7) is 7.16. The Morgan fingerprint density at radius 2 is 1.56 bits per heavy atom. The van der Waals surface area contributed by atoms with E-state index in [2.05, 4.69) is 0 Å². The highest BCUT2D eigenvalue weighted by atomic mass is 16.6. The molecule has 0 bridgehead atoms. The van der Waals surface area contributed by atoms with Crippen molar-refractivity contribution in [3.8, 4) is 0 Å². The van der Waals surface area contributed by atoms with Gasteiger partial charge in [-0.05, 0) is 40.5 Å². The van der Waals surface area contributed by atoms with Gasteiger partial charge in [0.15, 0.2) is 0 Å². The van der Waals surface area contributed by atoms with E-state index in [4.69, 9.17) is 4.74 Å². The lowest BCUT2D eigenvalue weighted by atomic mass is 9.88. The van der Waals surface area contributed by atoms with Crippen molar-refractivity contribution in [2.45, 2.75) is 71.8 Å². The van der Waals surface area contributed by atoms with Gasteiger partial charge in [0.25, 0.3) is 0 Å². The molecule has 1 aliphatic rings. The second-order valence-electron chi connectivity index (χ2n) is 6.35. The highest BCUT2D eigenvalue weighted by Crippen LogP contribution is 2.26. The maximum absolute atomic E-state index is 12.3. The Bertz CT molecular complexity index is 293. The van der Waals surface area contributed by atoms with Crippen LogP contribution in [0.1, 0.15) is 66.2 Å². The van der Waals surface area contributed by atoms with Gasteiger partial charge in [-0.1, -0.05) is 25.7 Å². The fourth-order valence-electron chi connectivity index (χ4n) is 2.42. The molecule has 1 unspecified atom stereocenters. The molecule has 0 aromatic carbocycles. The number of hydrogen-bond donors (Lipinski definition) is 0. The summed E-state index contributed by atoms with van der Waals surface area (Å²) in [4.78, 5) is 24.2. The minimum absolute atomic E-state index is 0.0648. The van der Waals surface area contributed by atoms with Gasteiger partial charge in [0.1, 0.15) is 17.3 Å². The monoisotopic (exact) mass is 254 g/mol. The summed E-state index contributed by atoms with van der Waals surface area (Å²) in [5.41, 5.74) is -0.519. The first-order valence-electron chi connectivity index (χ1n) is 7.08. The molecule has 3 heteroatoms. The first-order chi connectivity index (χ1) is 8.31. The van der Waals surface area contributed by atoms with Crippen molar-refractivity contribution in [2.24, 2.45) is 11.8 Å². The topological polar surface area (TPSA) is 43.4 Å². The molecule has 0 spiro atoms. The van der Waals surface area contributed by atoms with Gasteiger partial charge in [0.05, 0.1) is 0 Å². The zero-order valence-electron chi connectivity index (χ0n) is 12.1. The van der Waals surface area contributed by atoms with Gasteiger partial charge in [-0.25, -0.2) is 0 Å². The third-order valence-corrected chi connectivity index (χ3v) is 3.44. The molecule has 0 aromatic heterocycles. The average molecular weight is 254 g/mol. The molecule has 0 radical (unpaired) electrons. The summed E-state index contributed by atoms with van der Waals surface area (Å²) in [6, 6.07) is 0. The molecule has 0 aromatic rings. The smallest absolute Gasteiger partial charge is 0.316 e. The van der Waals surface area contributed by atoms with Crippen molar-refractivity contribution in [3.05, 3.63) is 0 Å².